The van der Waals surface area contributed by atoms with Crippen LogP contribution in [-0.2, 0) is 6.42 Å². The third kappa shape index (κ3) is 3.30. The molecule has 0 unspecified atom stereocenters. The molecule has 0 amide bonds. The molecule has 3 aromatic rings. The van der Waals surface area contributed by atoms with Crippen molar-refractivity contribution in [2.75, 3.05) is 18.6 Å². The molecule has 6 heteroatoms. The number of anilines is 1. The highest BCUT2D eigenvalue weighted by atomic mass is 19.1. The van der Waals surface area contributed by atoms with Gasteiger partial charge in [-0.2, -0.15) is 0 Å². The van der Waals surface area contributed by atoms with Gasteiger partial charge in [-0.05, 0) is 60.0 Å². The molecule has 1 heterocycles. The van der Waals surface area contributed by atoms with Crippen LogP contribution in [0.1, 0.15) is 22.7 Å². The first-order valence-corrected chi connectivity index (χ1v) is 8.81. The molecule has 3 aromatic carbocycles. The highest BCUT2D eigenvalue weighted by Gasteiger charge is 2.32. The Labute approximate surface area is 160 Å². The van der Waals surface area contributed by atoms with E-state index in [0.717, 1.165) is 35.4 Å². The summed E-state index contributed by atoms with van der Waals surface area (Å²) in [7, 11) is 1.55. The van der Waals surface area contributed by atoms with Gasteiger partial charge in [0.15, 0.2) is 0 Å². The maximum atomic E-state index is 14.7. The van der Waals surface area contributed by atoms with Gasteiger partial charge < -0.3 is 9.64 Å². The molecule has 0 saturated carbocycles. The minimum Gasteiger partial charge on any atom is -0.497 e. The van der Waals surface area contributed by atoms with Gasteiger partial charge in [-0.1, -0.05) is 6.07 Å². The van der Waals surface area contributed by atoms with Crippen molar-refractivity contribution >= 4 is 5.69 Å². The quantitative estimate of drug-likeness (QED) is 0.558. The zero-order valence-electron chi connectivity index (χ0n) is 15.1. The number of rotatable bonds is 3. The second-order valence-corrected chi connectivity index (χ2v) is 6.70. The highest BCUT2D eigenvalue weighted by Crippen LogP contribution is 2.40. The molecule has 28 heavy (non-hydrogen) atoms. The molecule has 1 aliphatic heterocycles. The molecule has 0 bridgehead atoms. The van der Waals surface area contributed by atoms with Crippen LogP contribution in [0.4, 0.5) is 23.2 Å². The molecular weight excluding hydrogens is 370 g/mol. The molecule has 4 rings (SSSR count). The maximum Gasteiger partial charge on any atom is 0.129 e. The van der Waals surface area contributed by atoms with Crippen LogP contribution in [0.3, 0.4) is 0 Å². The van der Waals surface area contributed by atoms with E-state index in [2.05, 4.69) is 0 Å². The number of benzene rings is 3. The Morgan fingerprint density at radius 1 is 0.821 bits per heavy atom. The van der Waals surface area contributed by atoms with Crippen LogP contribution in [0.5, 0.6) is 5.75 Å². The zero-order valence-corrected chi connectivity index (χ0v) is 15.1. The monoisotopic (exact) mass is 387 g/mol. The van der Waals surface area contributed by atoms with Crippen molar-refractivity contribution in [1.29, 1.82) is 0 Å². The van der Waals surface area contributed by atoms with E-state index in [9.17, 15) is 17.6 Å². The molecule has 0 spiro atoms. The number of nitrogens with zero attached hydrogens (tertiary/aromatic N) is 1. The third-order valence-corrected chi connectivity index (χ3v) is 5.01. The summed E-state index contributed by atoms with van der Waals surface area (Å²) in [4.78, 5) is 1.69. The fourth-order valence-electron chi connectivity index (χ4n) is 3.77. The summed E-state index contributed by atoms with van der Waals surface area (Å²) in [5, 5.41) is 0. The summed E-state index contributed by atoms with van der Waals surface area (Å²) in [5.41, 5.74) is 2.03. The fraction of sp³-hybridized carbons (Fsp3) is 0.182. The van der Waals surface area contributed by atoms with Crippen molar-refractivity contribution in [1.82, 2.24) is 0 Å². The van der Waals surface area contributed by atoms with Crippen molar-refractivity contribution in [3.63, 3.8) is 0 Å². The predicted octanol–water partition coefficient (Wildman–Crippen LogP) is 5.40. The first-order chi connectivity index (χ1) is 13.5. The van der Waals surface area contributed by atoms with E-state index in [1.807, 2.05) is 6.07 Å². The summed E-state index contributed by atoms with van der Waals surface area (Å²) < 4.78 is 61.5. The molecule has 1 atom stereocenters. The van der Waals surface area contributed by atoms with E-state index in [-0.39, 0.29) is 11.3 Å². The average molecular weight is 387 g/mol. The van der Waals surface area contributed by atoms with Gasteiger partial charge in [0.25, 0.3) is 0 Å². The Kier molecular flexibility index (Phi) is 4.71. The van der Waals surface area contributed by atoms with E-state index < -0.39 is 29.3 Å². The lowest BCUT2D eigenvalue weighted by Crippen LogP contribution is -2.37. The molecule has 0 N–H and O–H groups in total. The van der Waals surface area contributed by atoms with Crippen LogP contribution in [0.2, 0.25) is 0 Å². The number of hydrogen-bond donors (Lipinski definition) is 0. The van der Waals surface area contributed by atoms with E-state index >= 15 is 0 Å². The van der Waals surface area contributed by atoms with E-state index in [0.29, 0.717) is 18.7 Å². The highest BCUT2D eigenvalue weighted by molar-refractivity contribution is 5.57. The normalized spacial score (nSPS) is 16.0. The summed E-state index contributed by atoms with van der Waals surface area (Å²) in [6, 6.07) is 11.0. The molecule has 0 aliphatic carbocycles. The van der Waals surface area contributed by atoms with Gasteiger partial charge in [0.2, 0.25) is 0 Å². The second-order valence-electron chi connectivity index (χ2n) is 6.70. The molecule has 1 aliphatic rings. The Balaban J connectivity index is 1.91. The summed E-state index contributed by atoms with van der Waals surface area (Å²) in [5.74, 6) is -1.97. The molecule has 0 radical (unpaired) electrons. The van der Waals surface area contributed by atoms with Crippen molar-refractivity contribution < 1.29 is 22.3 Å². The Morgan fingerprint density at radius 3 is 2.29 bits per heavy atom. The Hall–Kier alpha value is -3.02. The molecule has 2 nitrogen and oxygen atoms in total. The smallest absolute Gasteiger partial charge is 0.129 e. The van der Waals surface area contributed by atoms with Gasteiger partial charge in [-0.15, -0.1) is 0 Å². The third-order valence-electron chi connectivity index (χ3n) is 5.01. The number of halogens is 4. The number of ether oxygens (including phenoxy) is 1. The Morgan fingerprint density at radius 2 is 1.57 bits per heavy atom. The lowest BCUT2D eigenvalue weighted by molar-refractivity contribution is 0.413. The van der Waals surface area contributed by atoms with Crippen LogP contribution >= 0.6 is 0 Å². The van der Waals surface area contributed by atoms with Gasteiger partial charge >= 0.3 is 0 Å². The first-order valence-electron chi connectivity index (χ1n) is 8.81. The van der Waals surface area contributed by atoms with E-state index in [1.165, 1.54) is 12.1 Å². The standard InChI is InChI=1S/C22H17F4NO/c1-28-18-3-4-19-13(8-18)6-7-27(17-10-15(24)9-16(25)11-17)22(19)20-12-14(23)2-5-21(20)26/h2-5,8-12,22H,6-7H2,1H3/t22-/m0/s1. The van der Waals surface area contributed by atoms with Crippen LogP contribution in [0.15, 0.2) is 54.6 Å². The van der Waals surface area contributed by atoms with Crippen LogP contribution in [0, 0.1) is 23.3 Å². The number of methoxy groups -OCH3 is 1. The van der Waals surface area contributed by atoms with Crippen molar-refractivity contribution in [2.45, 2.75) is 12.5 Å². The molecular formula is C22H17F4NO. The van der Waals surface area contributed by atoms with Crippen LogP contribution < -0.4 is 9.64 Å². The molecule has 0 saturated heterocycles. The maximum absolute atomic E-state index is 14.7. The lowest BCUT2D eigenvalue weighted by atomic mass is 9.87. The van der Waals surface area contributed by atoms with Crippen LogP contribution in [-0.4, -0.2) is 13.7 Å². The average Bonchev–Trinajstić information content (AvgIpc) is 2.67. The topological polar surface area (TPSA) is 12.5 Å². The largest absolute Gasteiger partial charge is 0.497 e. The summed E-state index contributed by atoms with van der Waals surface area (Å²) >= 11 is 0. The van der Waals surface area contributed by atoms with Gasteiger partial charge in [0, 0.05) is 23.9 Å². The van der Waals surface area contributed by atoms with Crippen molar-refractivity contribution in [3.8, 4) is 5.75 Å². The van der Waals surface area contributed by atoms with Gasteiger partial charge in [0.05, 0.1) is 13.2 Å². The van der Waals surface area contributed by atoms with Gasteiger partial charge in [-0.3, -0.25) is 0 Å². The SMILES string of the molecule is COc1ccc2c(c1)CCN(c1cc(F)cc(F)c1)[C@@H]2c1cc(F)ccc1F. The zero-order chi connectivity index (χ0) is 19.8. The van der Waals surface area contributed by atoms with E-state index in [4.69, 9.17) is 4.74 Å². The van der Waals surface area contributed by atoms with Gasteiger partial charge in [-0.25, -0.2) is 17.6 Å². The van der Waals surface area contributed by atoms with E-state index in [1.54, 1.807) is 24.1 Å². The minimum absolute atomic E-state index is 0.107. The predicted molar refractivity (Wildman–Crippen MR) is 98.6 cm³/mol. The number of fused-ring (bicyclic) bond motifs is 1. The summed E-state index contributed by atoms with van der Waals surface area (Å²) in [6.45, 7) is 0.379. The minimum atomic E-state index is -0.730. The summed E-state index contributed by atoms with van der Waals surface area (Å²) in [6.07, 6.45) is 0.568. The molecule has 0 aromatic heterocycles. The second kappa shape index (κ2) is 7.19. The molecule has 144 valence electrons. The van der Waals surface area contributed by atoms with Crippen LogP contribution in [0.25, 0.3) is 0 Å². The fourth-order valence-corrected chi connectivity index (χ4v) is 3.77. The lowest BCUT2D eigenvalue weighted by Gasteiger charge is -2.39. The number of hydrogen-bond acceptors (Lipinski definition) is 2. The molecule has 0 fully saturated rings. The van der Waals surface area contributed by atoms with Gasteiger partial charge in [0.1, 0.15) is 29.0 Å². The van der Waals surface area contributed by atoms with Crippen molar-refractivity contribution in [2.24, 2.45) is 0 Å². The Bertz CT molecular complexity index is 1020. The first kappa shape index (κ1) is 18.3. The van der Waals surface area contributed by atoms with Crippen molar-refractivity contribution in [3.05, 3.63) is 94.6 Å².